The van der Waals surface area contributed by atoms with Crippen LogP contribution in [0.2, 0.25) is 0 Å². The van der Waals surface area contributed by atoms with Gasteiger partial charge in [0.2, 0.25) is 0 Å². The van der Waals surface area contributed by atoms with E-state index in [9.17, 15) is 0 Å². The highest BCUT2D eigenvalue weighted by Gasteiger charge is 2.01. The molecular weight excluding hydrogens is 160 g/mol. The molecule has 0 aliphatic heterocycles. The highest BCUT2D eigenvalue weighted by molar-refractivity contribution is 4.54. The van der Waals surface area contributed by atoms with Crippen LogP contribution in [0.3, 0.4) is 0 Å². The zero-order chi connectivity index (χ0) is 10.1. The van der Waals surface area contributed by atoms with Crippen LogP contribution in [0.25, 0.3) is 0 Å². The first kappa shape index (κ1) is 12.9. The number of hydrogen-bond acceptors (Lipinski definition) is 2. The van der Waals surface area contributed by atoms with Crippen molar-refractivity contribution >= 4 is 0 Å². The summed E-state index contributed by atoms with van der Waals surface area (Å²) in [6.45, 7) is 7.57. The minimum atomic E-state index is 0.482. The largest absolute Gasteiger partial charge is 0.269 e. The van der Waals surface area contributed by atoms with Crippen LogP contribution in [0.4, 0.5) is 0 Å². The standard InChI is InChI=1S/C11H26N2/c1-4-5-6-7-8-9-10-13(12)11(2)3/h11H,4-10,12H2,1-3H3. The zero-order valence-electron chi connectivity index (χ0n) is 9.55. The van der Waals surface area contributed by atoms with Gasteiger partial charge < -0.3 is 0 Å². The van der Waals surface area contributed by atoms with Gasteiger partial charge in [0.05, 0.1) is 0 Å². The van der Waals surface area contributed by atoms with E-state index >= 15 is 0 Å². The molecule has 2 nitrogen and oxygen atoms in total. The van der Waals surface area contributed by atoms with Gasteiger partial charge in [0, 0.05) is 12.6 Å². The van der Waals surface area contributed by atoms with Gasteiger partial charge >= 0.3 is 0 Å². The Bertz CT molecular complexity index is 102. The van der Waals surface area contributed by atoms with Gasteiger partial charge in [-0.3, -0.25) is 5.84 Å². The van der Waals surface area contributed by atoms with Gasteiger partial charge in [-0.15, -0.1) is 0 Å². The molecule has 2 heteroatoms. The fourth-order valence-corrected chi connectivity index (χ4v) is 1.33. The Kier molecular flexibility index (Phi) is 8.46. The lowest BCUT2D eigenvalue weighted by Gasteiger charge is -2.19. The highest BCUT2D eigenvalue weighted by atomic mass is 15.4. The van der Waals surface area contributed by atoms with Gasteiger partial charge in [0.15, 0.2) is 0 Å². The molecule has 0 aromatic rings. The van der Waals surface area contributed by atoms with Crippen LogP contribution >= 0.6 is 0 Å². The molecule has 0 saturated heterocycles. The molecule has 0 bridgehead atoms. The van der Waals surface area contributed by atoms with Gasteiger partial charge in [0.25, 0.3) is 0 Å². The van der Waals surface area contributed by atoms with Crippen LogP contribution in [0.1, 0.15) is 59.3 Å². The van der Waals surface area contributed by atoms with E-state index in [4.69, 9.17) is 5.84 Å². The summed E-state index contributed by atoms with van der Waals surface area (Å²) < 4.78 is 0. The van der Waals surface area contributed by atoms with Crippen LogP contribution in [-0.4, -0.2) is 17.6 Å². The molecule has 0 unspecified atom stereocenters. The topological polar surface area (TPSA) is 29.3 Å². The van der Waals surface area contributed by atoms with Crippen molar-refractivity contribution in [2.24, 2.45) is 5.84 Å². The van der Waals surface area contributed by atoms with Gasteiger partial charge in [-0.1, -0.05) is 39.0 Å². The van der Waals surface area contributed by atoms with E-state index in [1.165, 1.54) is 38.5 Å². The maximum atomic E-state index is 5.79. The molecule has 80 valence electrons. The first-order valence-corrected chi connectivity index (χ1v) is 5.69. The molecular formula is C11H26N2. The summed E-state index contributed by atoms with van der Waals surface area (Å²) >= 11 is 0. The zero-order valence-corrected chi connectivity index (χ0v) is 9.55. The molecule has 13 heavy (non-hydrogen) atoms. The number of rotatable bonds is 8. The Morgan fingerprint density at radius 3 is 2.08 bits per heavy atom. The van der Waals surface area contributed by atoms with Crippen molar-refractivity contribution < 1.29 is 0 Å². The molecule has 0 aromatic heterocycles. The number of hydrazine groups is 1. The van der Waals surface area contributed by atoms with Gasteiger partial charge in [-0.2, -0.15) is 0 Å². The quantitative estimate of drug-likeness (QED) is 0.359. The highest BCUT2D eigenvalue weighted by Crippen LogP contribution is 2.05. The van der Waals surface area contributed by atoms with Crippen molar-refractivity contribution in [1.29, 1.82) is 0 Å². The van der Waals surface area contributed by atoms with Crippen molar-refractivity contribution in [3.8, 4) is 0 Å². The van der Waals surface area contributed by atoms with Crippen LogP contribution in [0, 0.1) is 0 Å². The molecule has 0 aliphatic rings. The van der Waals surface area contributed by atoms with Gasteiger partial charge in [-0.25, -0.2) is 5.01 Å². The number of hydrogen-bond donors (Lipinski definition) is 1. The first-order chi connectivity index (χ1) is 6.18. The second kappa shape index (κ2) is 8.52. The van der Waals surface area contributed by atoms with Crippen molar-refractivity contribution in [2.45, 2.75) is 65.3 Å². The second-order valence-corrected chi connectivity index (χ2v) is 4.10. The number of unbranched alkanes of at least 4 members (excludes halogenated alkanes) is 5. The normalized spacial score (nSPS) is 11.5. The summed E-state index contributed by atoms with van der Waals surface area (Å²) in [4.78, 5) is 0. The fourth-order valence-electron chi connectivity index (χ4n) is 1.33. The van der Waals surface area contributed by atoms with Crippen LogP contribution < -0.4 is 5.84 Å². The Labute approximate surface area is 83.5 Å². The van der Waals surface area contributed by atoms with E-state index in [0.29, 0.717) is 6.04 Å². The Hall–Kier alpha value is -0.0800. The third-order valence-electron chi connectivity index (χ3n) is 2.43. The molecule has 0 atom stereocenters. The lowest BCUT2D eigenvalue weighted by atomic mass is 10.1. The van der Waals surface area contributed by atoms with E-state index in [-0.39, 0.29) is 0 Å². The number of nitrogens with two attached hydrogens (primary N) is 1. The predicted octanol–water partition coefficient (Wildman–Crippen LogP) is 2.93. The summed E-state index contributed by atoms with van der Waals surface area (Å²) in [6, 6.07) is 0.482. The van der Waals surface area contributed by atoms with Crippen LogP contribution in [0.5, 0.6) is 0 Å². The molecule has 0 saturated carbocycles. The van der Waals surface area contributed by atoms with E-state index in [2.05, 4.69) is 20.8 Å². The summed E-state index contributed by atoms with van der Waals surface area (Å²) in [5, 5.41) is 1.93. The minimum absolute atomic E-state index is 0.482. The van der Waals surface area contributed by atoms with E-state index < -0.39 is 0 Å². The molecule has 0 heterocycles. The third kappa shape index (κ3) is 8.26. The summed E-state index contributed by atoms with van der Waals surface area (Å²) in [5.74, 6) is 5.79. The van der Waals surface area contributed by atoms with Crippen molar-refractivity contribution in [1.82, 2.24) is 5.01 Å². The molecule has 0 radical (unpaired) electrons. The maximum absolute atomic E-state index is 5.79. The maximum Gasteiger partial charge on any atom is 0.0184 e. The Morgan fingerprint density at radius 1 is 1.00 bits per heavy atom. The SMILES string of the molecule is CCCCCCCCN(N)C(C)C. The van der Waals surface area contributed by atoms with E-state index in [1.807, 2.05) is 5.01 Å². The molecule has 0 amide bonds. The summed E-state index contributed by atoms with van der Waals surface area (Å²) in [6.07, 6.45) is 8.06. The van der Waals surface area contributed by atoms with Crippen molar-refractivity contribution in [2.75, 3.05) is 6.54 Å². The summed E-state index contributed by atoms with van der Waals surface area (Å²) in [5.41, 5.74) is 0. The molecule has 0 spiro atoms. The van der Waals surface area contributed by atoms with Crippen LogP contribution in [-0.2, 0) is 0 Å². The van der Waals surface area contributed by atoms with Gasteiger partial charge in [-0.05, 0) is 20.3 Å². The van der Waals surface area contributed by atoms with Crippen molar-refractivity contribution in [3.63, 3.8) is 0 Å². The molecule has 0 rings (SSSR count). The van der Waals surface area contributed by atoms with Crippen molar-refractivity contribution in [3.05, 3.63) is 0 Å². The predicted molar refractivity (Wildman–Crippen MR) is 59.4 cm³/mol. The lowest BCUT2D eigenvalue weighted by molar-refractivity contribution is 0.222. The minimum Gasteiger partial charge on any atom is -0.269 e. The first-order valence-electron chi connectivity index (χ1n) is 5.69. The Morgan fingerprint density at radius 2 is 1.54 bits per heavy atom. The monoisotopic (exact) mass is 186 g/mol. The summed E-state index contributed by atoms with van der Waals surface area (Å²) in [7, 11) is 0. The molecule has 0 fully saturated rings. The molecule has 0 aromatic carbocycles. The lowest BCUT2D eigenvalue weighted by Crippen LogP contribution is -2.38. The fraction of sp³-hybridized carbons (Fsp3) is 1.00. The third-order valence-corrected chi connectivity index (χ3v) is 2.43. The number of nitrogens with zero attached hydrogens (tertiary/aromatic N) is 1. The smallest absolute Gasteiger partial charge is 0.0184 e. The molecule has 0 aliphatic carbocycles. The second-order valence-electron chi connectivity index (χ2n) is 4.10. The average Bonchev–Trinajstić information content (AvgIpc) is 2.10. The Balaban J connectivity index is 3.07. The van der Waals surface area contributed by atoms with Crippen LogP contribution in [0.15, 0.2) is 0 Å². The van der Waals surface area contributed by atoms with E-state index in [0.717, 1.165) is 6.54 Å². The average molecular weight is 186 g/mol. The molecule has 2 N–H and O–H groups in total. The van der Waals surface area contributed by atoms with Gasteiger partial charge in [0.1, 0.15) is 0 Å². The van der Waals surface area contributed by atoms with E-state index in [1.54, 1.807) is 0 Å².